The molecule has 0 amide bonds. The molecule has 6 heteroatoms. The van der Waals surface area contributed by atoms with E-state index in [1.807, 2.05) is 0 Å². The summed E-state index contributed by atoms with van der Waals surface area (Å²) in [5, 5.41) is 3.08. The van der Waals surface area contributed by atoms with Crippen molar-refractivity contribution in [3.8, 4) is 0 Å². The van der Waals surface area contributed by atoms with Crippen molar-refractivity contribution in [1.82, 2.24) is 5.32 Å². The first-order chi connectivity index (χ1) is 8.19. The fourth-order valence-corrected chi connectivity index (χ4v) is 4.44. The monoisotopic (exact) mass is 275 g/mol. The molecule has 0 bridgehead atoms. The van der Waals surface area contributed by atoms with E-state index in [1.54, 1.807) is 13.8 Å². The molecule has 1 saturated heterocycles. The van der Waals surface area contributed by atoms with Crippen LogP contribution in [-0.2, 0) is 9.84 Å². The highest BCUT2D eigenvalue weighted by Gasteiger charge is 2.37. The van der Waals surface area contributed by atoms with Crippen LogP contribution in [0.25, 0.3) is 0 Å². The summed E-state index contributed by atoms with van der Waals surface area (Å²) < 4.78 is 50.1. The second kappa shape index (κ2) is 4.28. The lowest BCUT2D eigenvalue weighted by Crippen LogP contribution is -2.54. The third kappa shape index (κ3) is 2.87. The van der Waals surface area contributed by atoms with Crippen LogP contribution in [-0.4, -0.2) is 25.5 Å². The Morgan fingerprint density at radius 3 is 2.56 bits per heavy atom. The Morgan fingerprint density at radius 2 is 2.00 bits per heavy atom. The SMILES string of the molecule is CC1(C)CS(=O)(=O)CC(c2ccc(F)cc2F)N1. The van der Waals surface area contributed by atoms with E-state index in [9.17, 15) is 17.2 Å². The molecule has 0 saturated carbocycles. The Hall–Kier alpha value is -1.01. The van der Waals surface area contributed by atoms with Crippen molar-refractivity contribution in [3.05, 3.63) is 35.4 Å². The Balaban J connectivity index is 2.38. The fraction of sp³-hybridized carbons (Fsp3) is 0.500. The number of sulfone groups is 1. The van der Waals surface area contributed by atoms with E-state index in [4.69, 9.17) is 0 Å². The van der Waals surface area contributed by atoms with Crippen molar-refractivity contribution in [2.24, 2.45) is 0 Å². The van der Waals surface area contributed by atoms with E-state index in [2.05, 4.69) is 5.32 Å². The minimum Gasteiger partial charge on any atom is -0.303 e. The summed E-state index contributed by atoms with van der Waals surface area (Å²) in [6.45, 7) is 3.50. The second-order valence-corrected chi connectivity index (χ2v) is 7.41. The van der Waals surface area contributed by atoms with Gasteiger partial charge in [0.25, 0.3) is 0 Å². The summed E-state index contributed by atoms with van der Waals surface area (Å²) in [5.74, 6) is -1.55. The smallest absolute Gasteiger partial charge is 0.153 e. The van der Waals surface area contributed by atoms with Gasteiger partial charge in [-0.15, -0.1) is 0 Å². The van der Waals surface area contributed by atoms with Crippen LogP contribution < -0.4 is 5.32 Å². The first-order valence-electron chi connectivity index (χ1n) is 5.62. The quantitative estimate of drug-likeness (QED) is 0.850. The molecule has 1 aliphatic heterocycles. The molecule has 1 aromatic rings. The molecule has 0 radical (unpaired) electrons. The number of rotatable bonds is 1. The van der Waals surface area contributed by atoms with Crippen molar-refractivity contribution >= 4 is 9.84 Å². The van der Waals surface area contributed by atoms with Crippen LogP contribution >= 0.6 is 0 Å². The van der Waals surface area contributed by atoms with E-state index in [0.717, 1.165) is 12.1 Å². The molecule has 3 nitrogen and oxygen atoms in total. The maximum atomic E-state index is 13.7. The lowest BCUT2D eigenvalue weighted by molar-refractivity contribution is 0.353. The van der Waals surface area contributed by atoms with Gasteiger partial charge < -0.3 is 5.32 Å². The van der Waals surface area contributed by atoms with E-state index < -0.39 is 33.1 Å². The second-order valence-electron chi connectivity index (χ2n) is 5.30. The predicted octanol–water partition coefficient (Wildman–Crippen LogP) is 1.80. The summed E-state index contributed by atoms with van der Waals surface area (Å²) in [6, 6.07) is 2.55. The zero-order chi connectivity index (χ0) is 13.6. The molecule has 1 atom stereocenters. The topological polar surface area (TPSA) is 46.2 Å². The van der Waals surface area contributed by atoms with Gasteiger partial charge in [-0.3, -0.25) is 0 Å². The van der Waals surface area contributed by atoms with Crippen LogP contribution in [0.4, 0.5) is 8.78 Å². The van der Waals surface area contributed by atoms with E-state index in [0.29, 0.717) is 0 Å². The molecule has 1 fully saturated rings. The van der Waals surface area contributed by atoms with Gasteiger partial charge in [0.2, 0.25) is 0 Å². The number of halogens is 2. The van der Waals surface area contributed by atoms with Gasteiger partial charge in [0.05, 0.1) is 11.5 Å². The van der Waals surface area contributed by atoms with Crippen LogP contribution in [0, 0.1) is 11.6 Å². The summed E-state index contributed by atoms with van der Waals surface area (Å²) in [7, 11) is -3.24. The zero-order valence-electron chi connectivity index (χ0n) is 10.2. The Kier molecular flexibility index (Phi) is 3.19. The number of hydrogen-bond donors (Lipinski definition) is 1. The average molecular weight is 275 g/mol. The molecular formula is C12H15F2NO2S. The van der Waals surface area contributed by atoms with Gasteiger partial charge in [0.15, 0.2) is 9.84 Å². The zero-order valence-corrected chi connectivity index (χ0v) is 11.0. The number of nitrogens with one attached hydrogen (secondary N) is 1. The van der Waals surface area contributed by atoms with Gasteiger partial charge in [-0.1, -0.05) is 6.07 Å². The molecule has 1 aliphatic rings. The van der Waals surface area contributed by atoms with E-state index in [-0.39, 0.29) is 17.1 Å². The highest BCUT2D eigenvalue weighted by Crippen LogP contribution is 2.27. The van der Waals surface area contributed by atoms with Gasteiger partial charge in [-0.25, -0.2) is 17.2 Å². The van der Waals surface area contributed by atoms with Crippen molar-refractivity contribution in [2.75, 3.05) is 11.5 Å². The fourth-order valence-electron chi connectivity index (χ4n) is 2.37. The highest BCUT2D eigenvalue weighted by molar-refractivity contribution is 7.91. The average Bonchev–Trinajstić information content (AvgIpc) is 2.11. The molecule has 18 heavy (non-hydrogen) atoms. The minimum atomic E-state index is -3.24. The summed E-state index contributed by atoms with van der Waals surface area (Å²) in [6.07, 6.45) is 0. The van der Waals surface area contributed by atoms with Crippen LogP contribution in [0.5, 0.6) is 0 Å². The van der Waals surface area contributed by atoms with Crippen LogP contribution in [0.3, 0.4) is 0 Å². The molecule has 1 unspecified atom stereocenters. The molecule has 1 aromatic carbocycles. The van der Waals surface area contributed by atoms with Gasteiger partial charge in [0.1, 0.15) is 11.6 Å². The Bertz CT molecular complexity index is 569. The first kappa shape index (κ1) is 13.4. The van der Waals surface area contributed by atoms with Crippen molar-refractivity contribution in [2.45, 2.75) is 25.4 Å². The van der Waals surface area contributed by atoms with Crippen molar-refractivity contribution in [1.29, 1.82) is 0 Å². The first-order valence-corrected chi connectivity index (χ1v) is 7.44. The third-order valence-electron chi connectivity index (χ3n) is 2.90. The summed E-state index contributed by atoms with van der Waals surface area (Å²) in [5.41, 5.74) is -0.435. The lowest BCUT2D eigenvalue weighted by atomic mass is 10.0. The summed E-state index contributed by atoms with van der Waals surface area (Å²) in [4.78, 5) is 0. The van der Waals surface area contributed by atoms with Crippen LogP contribution in [0.2, 0.25) is 0 Å². The van der Waals surface area contributed by atoms with Crippen LogP contribution in [0.1, 0.15) is 25.5 Å². The van der Waals surface area contributed by atoms with E-state index >= 15 is 0 Å². The molecule has 0 spiro atoms. The van der Waals surface area contributed by atoms with Gasteiger partial charge in [-0.05, 0) is 19.9 Å². The largest absolute Gasteiger partial charge is 0.303 e. The molecule has 1 heterocycles. The molecule has 0 aliphatic carbocycles. The van der Waals surface area contributed by atoms with Gasteiger partial charge >= 0.3 is 0 Å². The predicted molar refractivity (Wildman–Crippen MR) is 65.0 cm³/mol. The number of hydrogen-bond acceptors (Lipinski definition) is 3. The normalized spacial score (nSPS) is 25.9. The third-order valence-corrected chi connectivity index (χ3v) is 4.91. The molecular weight excluding hydrogens is 260 g/mol. The standard InChI is InChI=1S/C12H15F2NO2S/c1-12(2)7-18(16,17)6-11(15-12)9-4-3-8(13)5-10(9)14/h3-5,11,15H,6-7H2,1-2H3. The Labute approximate surface area is 105 Å². The molecule has 1 N–H and O–H groups in total. The molecule has 2 rings (SSSR count). The maximum Gasteiger partial charge on any atom is 0.153 e. The molecule has 0 aromatic heterocycles. The highest BCUT2D eigenvalue weighted by atomic mass is 32.2. The van der Waals surface area contributed by atoms with Crippen molar-refractivity contribution in [3.63, 3.8) is 0 Å². The van der Waals surface area contributed by atoms with Gasteiger partial charge in [0, 0.05) is 23.2 Å². The minimum absolute atomic E-state index is 0.0132. The lowest BCUT2D eigenvalue weighted by Gasteiger charge is -2.37. The van der Waals surface area contributed by atoms with E-state index in [1.165, 1.54) is 6.07 Å². The van der Waals surface area contributed by atoms with Gasteiger partial charge in [-0.2, -0.15) is 0 Å². The maximum absolute atomic E-state index is 13.7. The molecule has 100 valence electrons. The Morgan fingerprint density at radius 1 is 1.33 bits per heavy atom. The number of benzene rings is 1. The van der Waals surface area contributed by atoms with Crippen molar-refractivity contribution < 1.29 is 17.2 Å². The van der Waals surface area contributed by atoms with Crippen LogP contribution in [0.15, 0.2) is 18.2 Å². The summed E-state index contributed by atoms with van der Waals surface area (Å²) >= 11 is 0.